The molecule has 0 aliphatic heterocycles. The Labute approximate surface area is 153 Å². The van der Waals surface area contributed by atoms with E-state index in [1.54, 1.807) is 20.2 Å². The average Bonchev–Trinajstić information content (AvgIpc) is 2.65. The van der Waals surface area contributed by atoms with E-state index < -0.39 is 23.7 Å². The second-order valence-electron chi connectivity index (χ2n) is 6.39. The summed E-state index contributed by atoms with van der Waals surface area (Å²) < 4.78 is 13.9. The predicted molar refractivity (Wildman–Crippen MR) is 101 cm³/mol. The Morgan fingerprint density at radius 3 is 2.15 bits per heavy atom. The number of hydrogen-bond donors (Lipinski definition) is 2. The predicted octanol–water partition coefficient (Wildman–Crippen LogP) is 2.69. The first-order valence-electron chi connectivity index (χ1n) is 8.67. The van der Waals surface area contributed by atoms with Crippen molar-refractivity contribution in [2.24, 2.45) is 0 Å². The van der Waals surface area contributed by atoms with Gasteiger partial charge in [0.2, 0.25) is 0 Å². The van der Waals surface area contributed by atoms with Crippen LogP contribution >= 0.6 is 0 Å². The van der Waals surface area contributed by atoms with Crippen molar-refractivity contribution in [3.05, 3.63) is 71.0 Å². The Morgan fingerprint density at radius 2 is 1.58 bits per heavy atom. The van der Waals surface area contributed by atoms with Gasteiger partial charge in [0, 0.05) is 6.42 Å². The first-order chi connectivity index (χ1) is 12.5. The fourth-order valence-corrected chi connectivity index (χ4v) is 2.85. The van der Waals surface area contributed by atoms with Crippen LogP contribution in [-0.4, -0.2) is 37.7 Å². The third-order valence-corrected chi connectivity index (χ3v) is 4.51. The van der Waals surface area contributed by atoms with Crippen LogP contribution in [0.4, 0.5) is 4.39 Å². The molecule has 0 saturated carbocycles. The molecule has 0 aliphatic carbocycles. The summed E-state index contributed by atoms with van der Waals surface area (Å²) in [6.45, 7) is 2.01. The molecule has 0 aliphatic rings. The van der Waals surface area contributed by atoms with Crippen LogP contribution in [0.1, 0.15) is 27.9 Å². The van der Waals surface area contributed by atoms with Crippen molar-refractivity contribution in [2.45, 2.75) is 31.8 Å². The summed E-state index contributed by atoms with van der Waals surface area (Å²) in [6, 6.07) is 12.7. The first kappa shape index (κ1) is 19.9. The highest BCUT2D eigenvalue weighted by Crippen LogP contribution is 2.13. The van der Waals surface area contributed by atoms with Crippen LogP contribution < -0.4 is 10.6 Å². The van der Waals surface area contributed by atoms with Gasteiger partial charge in [-0.05, 0) is 45.1 Å². The molecule has 26 heavy (non-hydrogen) atoms. The molecule has 0 radical (unpaired) electrons. The second kappa shape index (κ2) is 9.36. The Morgan fingerprint density at radius 1 is 0.962 bits per heavy atom. The van der Waals surface area contributed by atoms with Gasteiger partial charge < -0.3 is 10.6 Å². The Kier molecular flexibility index (Phi) is 7.18. The van der Waals surface area contributed by atoms with E-state index in [0.29, 0.717) is 6.42 Å². The van der Waals surface area contributed by atoms with Crippen molar-refractivity contribution in [1.82, 2.24) is 10.6 Å². The van der Waals surface area contributed by atoms with Gasteiger partial charge in [-0.25, -0.2) is 4.39 Å². The van der Waals surface area contributed by atoms with Crippen LogP contribution in [-0.2, 0) is 11.2 Å². The molecule has 2 atom stereocenters. The van der Waals surface area contributed by atoms with Crippen LogP contribution in [0.25, 0.3) is 0 Å². The van der Waals surface area contributed by atoms with E-state index in [1.807, 2.05) is 31.2 Å². The monoisotopic (exact) mass is 356 g/mol. The molecular weight excluding hydrogens is 331 g/mol. The van der Waals surface area contributed by atoms with Crippen LogP contribution in [0, 0.1) is 12.7 Å². The number of aryl methyl sites for hydroxylation is 1. The molecule has 0 heterocycles. The molecule has 4 nitrogen and oxygen atoms in total. The lowest BCUT2D eigenvalue weighted by Crippen LogP contribution is -2.43. The molecule has 0 saturated heterocycles. The molecule has 0 spiro atoms. The molecule has 2 aromatic carbocycles. The fraction of sp³-hybridized carbons (Fsp3) is 0.333. The molecule has 2 rings (SSSR count). The zero-order valence-electron chi connectivity index (χ0n) is 15.4. The maximum Gasteiger partial charge on any atom is 0.183 e. The summed E-state index contributed by atoms with van der Waals surface area (Å²) in [5, 5.41) is 5.87. The van der Waals surface area contributed by atoms with Gasteiger partial charge in [0.25, 0.3) is 0 Å². The maximum absolute atomic E-state index is 13.9. The van der Waals surface area contributed by atoms with E-state index in [4.69, 9.17) is 0 Å². The van der Waals surface area contributed by atoms with Crippen molar-refractivity contribution < 1.29 is 14.0 Å². The van der Waals surface area contributed by atoms with E-state index in [0.717, 1.165) is 11.1 Å². The van der Waals surface area contributed by atoms with Crippen molar-refractivity contribution in [3.63, 3.8) is 0 Å². The molecule has 0 aromatic heterocycles. The minimum absolute atomic E-state index is 0.000748. The van der Waals surface area contributed by atoms with Gasteiger partial charge in [0.15, 0.2) is 11.6 Å². The third kappa shape index (κ3) is 5.07. The maximum atomic E-state index is 13.9. The number of ketones is 2. The lowest BCUT2D eigenvalue weighted by atomic mass is 9.94. The van der Waals surface area contributed by atoms with Crippen molar-refractivity contribution in [1.29, 1.82) is 0 Å². The van der Waals surface area contributed by atoms with E-state index >= 15 is 0 Å². The fourth-order valence-electron chi connectivity index (χ4n) is 2.85. The minimum Gasteiger partial charge on any atom is -0.310 e. The minimum atomic E-state index is -0.756. The molecule has 2 aromatic rings. The highest BCUT2D eigenvalue weighted by atomic mass is 19.1. The van der Waals surface area contributed by atoms with Gasteiger partial charge in [-0.15, -0.1) is 0 Å². The van der Waals surface area contributed by atoms with Crippen LogP contribution in [0.3, 0.4) is 0 Å². The van der Waals surface area contributed by atoms with Crippen molar-refractivity contribution >= 4 is 11.6 Å². The van der Waals surface area contributed by atoms with Gasteiger partial charge in [-0.2, -0.15) is 0 Å². The molecule has 5 heteroatoms. The quantitative estimate of drug-likeness (QED) is 0.678. The smallest absolute Gasteiger partial charge is 0.183 e. The van der Waals surface area contributed by atoms with Gasteiger partial charge in [-0.3, -0.25) is 9.59 Å². The summed E-state index contributed by atoms with van der Waals surface area (Å²) in [5.74, 6) is -1.07. The lowest BCUT2D eigenvalue weighted by Gasteiger charge is -2.20. The summed E-state index contributed by atoms with van der Waals surface area (Å²) in [4.78, 5) is 25.3. The molecule has 2 unspecified atom stereocenters. The van der Waals surface area contributed by atoms with Crippen LogP contribution in [0.15, 0.2) is 48.5 Å². The highest BCUT2D eigenvalue weighted by Gasteiger charge is 2.27. The summed E-state index contributed by atoms with van der Waals surface area (Å²) in [5.41, 5.74) is 2.20. The number of nitrogens with one attached hydrogen (secondary N) is 2. The van der Waals surface area contributed by atoms with Gasteiger partial charge in [0.1, 0.15) is 5.82 Å². The Hall–Kier alpha value is -2.37. The number of carbonyl (C=O) groups is 2. The van der Waals surface area contributed by atoms with E-state index in [-0.39, 0.29) is 17.8 Å². The SMILES string of the molecule is CNC(Cc1ccc(C)cc1)C(=O)CC(NC)C(=O)c1ccccc1F. The zero-order chi connectivity index (χ0) is 19.1. The molecular formula is C21H25FN2O2. The topological polar surface area (TPSA) is 58.2 Å². The van der Waals surface area contributed by atoms with Crippen LogP contribution in [0.5, 0.6) is 0 Å². The molecule has 0 fully saturated rings. The molecule has 2 N–H and O–H groups in total. The number of rotatable bonds is 9. The third-order valence-electron chi connectivity index (χ3n) is 4.51. The first-order valence-corrected chi connectivity index (χ1v) is 8.67. The molecule has 138 valence electrons. The van der Waals surface area contributed by atoms with Gasteiger partial charge in [0.05, 0.1) is 17.6 Å². The average molecular weight is 356 g/mol. The number of likely N-dealkylation sites (N-methyl/N-ethyl adjacent to an activating group) is 2. The largest absolute Gasteiger partial charge is 0.310 e. The van der Waals surface area contributed by atoms with E-state index in [2.05, 4.69) is 10.6 Å². The summed E-state index contributed by atoms with van der Waals surface area (Å²) >= 11 is 0. The second-order valence-corrected chi connectivity index (χ2v) is 6.39. The standard InChI is InChI=1S/C21H25FN2O2/c1-14-8-10-15(11-9-14)12-18(23-2)20(25)13-19(24-3)21(26)16-6-4-5-7-17(16)22/h4-11,18-19,23-24H,12-13H2,1-3H3. The lowest BCUT2D eigenvalue weighted by molar-refractivity contribution is -0.121. The zero-order valence-corrected chi connectivity index (χ0v) is 15.4. The number of carbonyl (C=O) groups excluding carboxylic acids is 2. The number of Topliss-reactive ketones (excluding diaryl/α,β-unsaturated/α-hetero) is 2. The van der Waals surface area contributed by atoms with Gasteiger partial charge >= 0.3 is 0 Å². The normalized spacial score (nSPS) is 13.2. The number of hydrogen-bond acceptors (Lipinski definition) is 4. The van der Waals surface area contributed by atoms with Gasteiger partial charge in [-0.1, -0.05) is 42.0 Å². The van der Waals surface area contributed by atoms with Crippen molar-refractivity contribution in [3.8, 4) is 0 Å². The van der Waals surface area contributed by atoms with E-state index in [1.165, 1.54) is 18.2 Å². The summed E-state index contributed by atoms with van der Waals surface area (Å²) in [7, 11) is 3.33. The number of halogens is 1. The molecule has 0 amide bonds. The summed E-state index contributed by atoms with van der Waals surface area (Å²) in [6.07, 6.45) is 0.543. The Bertz CT molecular complexity index is 759. The number of benzene rings is 2. The van der Waals surface area contributed by atoms with Crippen LogP contribution in [0.2, 0.25) is 0 Å². The van der Waals surface area contributed by atoms with E-state index in [9.17, 15) is 14.0 Å². The van der Waals surface area contributed by atoms with Crippen molar-refractivity contribution in [2.75, 3.05) is 14.1 Å². The molecule has 0 bridgehead atoms. The Balaban J connectivity index is 2.07. The highest BCUT2D eigenvalue weighted by molar-refractivity contribution is 6.03.